The van der Waals surface area contributed by atoms with E-state index < -0.39 is 22.4 Å². The van der Waals surface area contributed by atoms with Crippen molar-refractivity contribution in [2.24, 2.45) is 0 Å². The summed E-state index contributed by atoms with van der Waals surface area (Å²) in [6.07, 6.45) is -2.20. The molecule has 0 atom stereocenters. The molecular formula is C12H6ClF3N2O2. The Hall–Kier alpha value is -2.15. The SMILES string of the molecule is O=[N+]([O-])c1cncc(-c2ccc(C(F)(F)F)cc2)c1Cl. The second-order valence-electron chi connectivity index (χ2n) is 3.85. The fourth-order valence-corrected chi connectivity index (χ4v) is 1.88. The molecule has 0 aliphatic heterocycles. The number of benzene rings is 1. The number of rotatable bonds is 2. The molecule has 2 rings (SSSR count). The minimum absolute atomic E-state index is 0.162. The molecule has 0 aliphatic carbocycles. The molecule has 2 aromatic rings. The molecule has 1 heterocycles. The molecule has 0 spiro atoms. The number of aromatic nitrogens is 1. The van der Waals surface area contributed by atoms with Gasteiger partial charge < -0.3 is 0 Å². The van der Waals surface area contributed by atoms with E-state index in [2.05, 4.69) is 4.98 Å². The lowest BCUT2D eigenvalue weighted by Gasteiger charge is -2.08. The van der Waals surface area contributed by atoms with E-state index in [1.165, 1.54) is 18.3 Å². The highest BCUT2D eigenvalue weighted by molar-refractivity contribution is 6.35. The van der Waals surface area contributed by atoms with Crippen molar-refractivity contribution < 1.29 is 18.1 Å². The van der Waals surface area contributed by atoms with E-state index in [0.29, 0.717) is 5.56 Å². The third-order valence-corrected chi connectivity index (χ3v) is 2.98. The fraction of sp³-hybridized carbons (Fsp3) is 0.0833. The Bertz CT molecular complexity index is 657. The van der Waals surface area contributed by atoms with Gasteiger partial charge in [0.15, 0.2) is 0 Å². The van der Waals surface area contributed by atoms with Gasteiger partial charge >= 0.3 is 11.9 Å². The molecule has 0 amide bonds. The maximum Gasteiger partial charge on any atom is 0.416 e. The van der Waals surface area contributed by atoms with Gasteiger partial charge in [-0.3, -0.25) is 15.1 Å². The van der Waals surface area contributed by atoms with Crippen LogP contribution in [-0.2, 0) is 6.18 Å². The van der Waals surface area contributed by atoms with Crippen LogP contribution in [0.15, 0.2) is 36.7 Å². The van der Waals surface area contributed by atoms with Crippen LogP contribution >= 0.6 is 11.6 Å². The molecule has 104 valence electrons. The average Bonchev–Trinajstić information content (AvgIpc) is 2.38. The van der Waals surface area contributed by atoms with Crippen LogP contribution in [0.5, 0.6) is 0 Å². The molecule has 0 bridgehead atoms. The first-order chi connectivity index (χ1) is 9.30. The van der Waals surface area contributed by atoms with E-state index in [1.807, 2.05) is 0 Å². The van der Waals surface area contributed by atoms with Crippen LogP contribution in [0.25, 0.3) is 11.1 Å². The summed E-state index contributed by atoms with van der Waals surface area (Å²) >= 11 is 5.86. The van der Waals surface area contributed by atoms with Crippen molar-refractivity contribution in [1.82, 2.24) is 4.98 Å². The minimum Gasteiger partial charge on any atom is -0.258 e. The normalized spacial score (nSPS) is 11.4. The van der Waals surface area contributed by atoms with E-state index in [0.717, 1.165) is 18.3 Å². The van der Waals surface area contributed by atoms with Gasteiger partial charge in [0, 0.05) is 11.8 Å². The molecule has 8 heteroatoms. The first kappa shape index (κ1) is 14.3. The van der Waals surface area contributed by atoms with Gasteiger partial charge in [-0.25, -0.2) is 0 Å². The van der Waals surface area contributed by atoms with Gasteiger partial charge in [-0.1, -0.05) is 23.7 Å². The summed E-state index contributed by atoms with van der Waals surface area (Å²) in [7, 11) is 0. The molecule has 0 aliphatic rings. The van der Waals surface area contributed by atoms with Crippen molar-refractivity contribution in [2.45, 2.75) is 6.18 Å². The Morgan fingerprint density at radius 1 is 1.15 bits per heavy atom. The van der Waals surface area contributed by atoms with Crippen molar-refractivity contribution in [1.29, 1.82) is 0 Å². The van der Waals surface area contributed by atoms with E-state index in [9.17, 15) is 23.3 Å². The summed E-state index contributed by atoms with van der Waals surface area (Å²) in [5.41, 5.74) is -0.686. The molecule has 0 unspecified atom stereocenters. The fourth-order valence-electron chi connectivity index (χ4n) is 1.60. The predicted molar refractivity (Wildman–Crippen MR) is 66.3 cm³/mol. The van der Waals surface area contributed by atoms with Crippen LogP contribution in [0.4, 0.5) is 18.9 Å². The van der Waals surface area contributed by atoms with Crippen LogP contribution in [0.2, 0.25) is 5.02 Å². The standard InChI is InChI=1S/C12H6ClF3N2O2/c13-11-9(5-17-6-10(11)18(19)20)7-1-3-8(4-2-7)12(14,15)16/h1-6H. The Kier molecular flexibility index (Phi) is 3.63. The van der Waals surface area contributed by atoms with Gasteiger partial charge in [0.1, 0.15) is 11.2 Å². The first-order valence-electron chi connectivity index (χ1n) is 5.26. The first-order valence-corrected chi connectivity index (χ1v) is 5.64. The molecule has 20 heavy (non-hydrogen) atoms. The highest BCUT2D eigenvalue weighted by Crippen LogP contribution is 2.35. The van der Waals surface area contributed by atoms with Gasteiger partial charge in [0.05, 0.1) is 10.5 Å². The van der Waals surface area contributed by atoms with E-state index in [1.54, 1.807) is 0 Å². The maximum atomic E-state index is 12.4. The Morgan fingerprint density at radius 3 is 2.25 bits per heavy atom. The highest BCUT2D eigenvalue weighted by atomic mass is 35.5. The summed E-state index contributed by atoms with van der Waals surface area (Å²) in [5, 5.41) is 10.6. The molecule has 1 aromatic carbocycles. The van der Waals surface area contributed by atoms with E-state index in [4.69, 9.17) is 11.6 Å². The zero-order valence-corrected chi connectivity index (χ0v) is 10.4. The van der Waals surface area contributed by atoms with Crippen molar-refractivity contribution in [3.05, 3.63) is 57.4 Å². The summed E-state index contributed by atoms with van der Waals surface area (Å²) in [4.78, 5) is 13.7. The second kappa shape index (κ2) is 5.09. The van der Waals surface area contributed by atoms with Crippen LogP contribution < -0.4 is 0 Å². The van der Waals surface area contributed by atoms with Crippen molar-refractivity contribution in [3.63, 3.8) is 0 Å². The van der Waals surface area contributed by atoms with Crippen LogP contribution in [-0.4, -0.2) is 9.91 Å². The number of nitrogens with zero attached hydrogens (tertiary/aromatic N) is 2. The molecule has 0 saturated heterocycles. The van der Waals surface area contributed by atoms with Gasteiger partial charge in [-0.2, -0.15) is 13.2 Å². The van der Waals surface area contributed by atoms with Crippen LogP contribution in [0.3, 0.4) is 0 Å². The Balaban J connectivity index is 2.48. The largest absolute Gasteiger partial charge is 0.416 e. The van der Waals surface area contributed by atoms with Gasteiger partial charge in [-0.15, -0.1) is 0 Å². The second-order valence-corrected chi connectivity index (χ2v) is 4.23. The van der Waals surface area contributed by atoms with E-state index in [-0.39, 0.29) is 10.6 Å². The summed E-state index contributed by atoms with van der Waals surface area (Å²) in [6.45, 7) is 0. The lowest BCUT2D eigenvalue weighted by Crippen LogP contribution is -2.04. The van der Waals surface area contributed by atoms with Gasteiger partial charge in [0.2, 0.25) is 0 Å². The Labute approximate surface area is 116 Å². The molecule has 0 radical (unpaired) electrons. The lowest BCUT2D eigenvalue weighted by atomic mass is 10.1. The summed E-state index contributed by atoms with van der Waals surface area (Å²) in [5.74, 6) is 0. The zero-order chi connectivity index (χ0) is 14.9. The van der Waals surface area contributed by atoms with E-state index >= 15 is 0 Å². The van der Waals surface area contributed by atoms with Gasteiger partial charge in [-0.05, 0) is 17.7 Å². The van der Waals surface area contributed by atoms with Gasteiger partial charge in [0.25, 0.3) is 0 Å². The lowest BCUT2D eigenvalue weighted by molar-refractivity contribution is -0.385. The quantitative estimate of drug-likeness (QED) is 0.613. The summed E-state index contributed by atoms with van der Waals surface area (Å²) in [6, 6.07) is 4.14. The predicted octanol–water partition coefficient (Wildman–Crippen LogP) is 4.33. The molecular weight excluding hydrogens is 297 g/mol. The maximum absolute atomic E-state index is 12.4. The average molecular weight is 303 g/mol. The number of halogens is 4. The van der Waals surface area contributed by atoms with Crippen LogP contribution in [0.1, 0.15) is 5.56 Å². The van der Waals surface area contributed by atoms with Crippen molar-refractivity contribution in [2.75, 3.05) is 0 Å². The van der Waals surface area contributed by atoms with Crippen LogP contribution in [0, 0.1) is 10.1 Å². The zero-order valence-electron chi connectivity index (χ0n) is 9.69. The number of alkyl halides is 3. The number of pyridine rings is 1. The minimum atomic E-state index is -4.44. The number of hydrogen-bond donors (Lipinski definition) is 0. The topological polar surface area (TPSA) is 56.0 Å². The molecule has 0 saturated carbocycles. The monoisotopic (exact) mass is 302 g/mol. The third-order valence-electron chi connectivity index (χ3n) is 2.58. The molecule has 4 nitrogen and oxygen atoms in total. The highest BCUT2D eigenvalue weighted by Gasteiger charge is 2.30. The third kappa shape index (κ3) is 2.72. The molecule has 0 N–H and O–H groups in total. The number of nitro groups is 1. The van der Waals surface area contributed by atoms with Crippen molar-refractivity contribution in [3.8, 4) is 11.1 Å². The van der Waals surface area contributed by atoms with Crippen molar-refractivity contribution >= 4 is 17.3 Å². The summed E-state index contributed by atoms with van der Waals surface area (Å²) < 4.78 is 37.3. The smallest absolute Gasteiger partial charge is 0.258 e. The molecule has 0 fully saturated rings. The number of hydrogen-bond acceptors (Lipinski definition) is 3. The molecule has 1 aromatic heterocycles. The Morgan fingerprint density at radius 2 is 1.75 bits per heavy atom.